The summed E-state index contributed by atoms with van der Waals surface area (Å²) in [5.41, 5.74) is 1.19. The fourth-order valence-corrected chi connectivity index (χ4v) is 4.58. The summed E-state index contributed by atoms with van der Waals surface area (Å²) in [6.45, 7) is 4.81. The number of amides is 1. The predicted octanol–water partition coefficient (Wildman–Crippen LogP) is 3.02. The SMILES string of the molecule is CC(C(=O)NC1CC(C)n2ccnc21)C1OCCc2sccc21. The van der Waals surface area contributed by atoms with Crippen molar-refractivity contribution >= 4 is 17.2 Å². The molecule has 0 spiro atoms. The molecule has 0 radical (unpaired) electrons. The van der Waals surface area contributed by atoms with Gasteiger partial charge in [-0.2, -0.15) is 0 Å². The van der Waals surface area contributed by atoms with E-state index in [0.29, 0.717) is 12.6 Å². The van der Waals surface area contributed by atoms with E-state index in [1.54, 1.807) is 17.5 Å². The molecule has 5 nitrogen and oxygen atoms in total. The predicted molar refractivity (Wildman–Crippen MR) is 88.3 cm³/mol. The van der Waals surface area contributed by atoms with Crippen LogP contribution in [0.2, 0.25) is 0 Å². The molecule has 0 aliphatic carbocycles. The standard InChI is InChI=1S/C17H21N3O2S/c1-10-9-13(16-18-5-6-20(10)16)19-17(21)11(2)15-12-4-8-23-14(12)3-7-22-15/h4-6,8,10-11,13,15H,3,7,9H2,1-2H3,(H,19,21). The highest BCUT2D eigenvalue weighted by Crippen LogP contribution is 2.37. The number of nitrogens with one attached hydrogen (secondary N) is 1. The van der Waals surface area contributed by atoms with Gasteiger partial charge in [-0.15, -0.1) is 11.3 Å². The normalized spacial score (nSPS) is 27.3. The van der Waals surface area contributed by atoms with Crippen LogP contribution in [-0.4, -0.2) is 22.1 Å². The van der Waals surface area contributed by atoms with Gasteiger partial charge >= 0.3 is 0 Å². The van der Waals surface area contributed by atoms with Crippen LogP contribution in [0.3, 0.4) is 0 Å². The van der Waals surface area contributed by atoms with Gasteiger partial charge < -0.3 is 14.6 Å². The highest BCUT2D eigenvalue weighted by atomic mass is 32.1. The summed E-state index contributed by atoms with van der Waals surface area (Å²) in [4.78, 5) is 18.5. The molecule has 2 aromatic heterocycles. The van der Waals surface area contributed by atoms with Crippen LogP contribution in [0.15, 0.2) is 23.8 Å². The number of ether oxygens (including phenoxy) is 1. The molecule has 1 amide bonds. The van der Waals surface area contributed by atoms with Gasteiger partial charge in [-0.3, -0.25) is 4.79 Å². The first-order chi connectivity index (χ1) is 11.1. The lowest BCUT2D eigenvalue weighted by Crippen LogP contribution is -2.36. The van der Waals surface area contributed by atoms with E-state index in [4.69, 9.17) is 4.74 Å². The highest BCUT2D eigenvalue weighted by Gasteiger charge is 2.35. The Kier molecular flexibility index (Phi) is 3.73. The molecule has 4 unspecified atom stereocenters. The molecule has 0 fully saturated rings. The molecule has 23 heavy (non-hydrogen) atoms. The summed E-state index contributed by atoms with van der Waals surface area (Å²) in [7, 11) is 0. The van der Waals surface area contributed by atoms with Gasteiger partial charge in [0.05, 0.1) is 24.7 Å². The van der Waals surface area contributed by atoms with Gasteiger partial charge in [0.15, 0.2) is 0 Å². The molecule has 0 bridgehead atoms. The van der Waals surface area contributed by atoms with E-state index in [9.17, 15) is 4.79 Å². The van der Waals surface area contributed by atoms with E-state index in [0.717, 1.165) is 18.7 Å². The third-order valence-corrected chi connectivity index (χ3v) is 5.96. The molecule has 0 aromatic carbocycles. The van der Waals surface area contributed by atoms with Gasteiger partial charge in [0.25, 0.3) is 0 Å². The van der Waals surface area contributed by atoms with Crippen molar-refractivity contribution in [3.8, 4) is 0 Å². The lowest BCUT2D eigenvalue weighted by atomic mass is 9.94. The fourth-order valence-electron chi connectivity index (χ4n) is 3.68. The molecule has 4 heterocycles. The number of hydrogen-bond donors (Lipinski definition) is 1. The number of thiophene rings is 1. The zero-order chi connectivity index (χ0) is 16.0. The van der Waals surface area contributed by atoms with Crippen molar-refractivity contribution in [1.82, 2.24) is 14.9 Å². The maximum atomic E-state index is 12.7. The molecular formula is C17H21N3O2S. The van der Waals surface area contributed by atoms with Gasteiger partial charge in [0.1, 0.15) is 5.82 Å². The quantitative estimate of drug-likeness (QED) is 0.940. The van der Waals surface area contributed by atoms with Crippen molar-refractivity contribution in [2.24, 2.45) is 5.92 Å². The lowest BCUT2D eigenvalue weighted by molar-refractivity contribution is -0.131. The third-order valence-electron chi connectivity index (χ3n) is 4.96. The highest BCUT2D eigenvalue weighted by molar-refractivity contribution is 7.10. The lowest BCUT2D eigenvalue weighted by Gasteiger charge is -2.28. The van der Waals surface area contributed by atoms with Crippen molar-refractivity contribution in [3.05, 3.63) is 40.1 Å². The van der Waals surface area contributed by atoms with E-state index in [-0.39, 0.29) is 24.0 Å². The Morgan fingerprint density at radius 1 is 1.57 bits per heavy atom. The number of nitrogens with zero attached hydrogens (tertiary/aromatic N) is 2. The van der Waals surface area contributed by atoms with Crippen molar-refractivity contribution < 1.29 is 9.53 Å². The first-order valence-corrected chi connectivity index (χ1v) is 9.04. The number of rotatable bonds is 3. The molecule has 0 saturated carbocycles. The van der Waals surface area contributed by atoms with Crippen LogP contribution < -0.4 is 5.32 Å². The topological polar surface area (TPSA) is 56.2 Å². The summed E-state index contributed by atoms with van der Waals surface area (Å²) < 4.78 is 8.05. The smallest absolute Gasteiger partial charge is 0.226 e. The van der Waals surface area contributed by atoms with E-state index in [1.165, 1.54) is 10.4 Å². The second kappa shape index (κ2) is 5.76. The first-order valence-electron chi connectivity index (χ1n) is 8.16. The summed E-state index contributed by atoms with van der Waals surface area (Å²) in [6.07, 6.45) is 5.50. The Labute approximate surface area is 139 Å². The van der Waals surface area contributed by atoms with Crippen LogP contribution in [-0.2, 0) is 16.0 Å². The minimum absolute atomic E-state index is 0.000450. The molecule has 0 saturated heterocycles. The third kappa shape index (κ3) is 2.50. The number of aromatic nitrogens is 2. The summed E-state index contributed by atoms with van der Waals surface area (Å²) in [5.74, 6) is 0.796. The molecule has 122 valence electrons. The van der Waals surface area contributed by atoms with Crippen LogP contribution in [0.25, 0.3) is 0 Å². The minimum atomic E-state index is -0.206. The maximum Gasteiger partial charge on any atom is 0.226 e. The number of carbonyl (C=O) groups excluding carboxylic acids is 1. The van der Waals surface area contributed by atoms with E-state index >= 15 is 0 Å². The molecule has 1 N–H and O–H groups in total. The van der Waals surface area contributed by atoms with Gasteiger partial charge in [-0.05, 0) is 30.4 Å². The van der Waals surface area contributed by atoms with Crippen LogP contribution in [0.4, 0.5) is 0 Å². The van der Waals surface area contributed by atoms with Crippen LogP contribution in [0.1, 0.15) is 54.7 Å². The van der Waals surface area contributed by atoms with E-state index in [2.05, 4.69) is 33.2 Å². The van der Waals surface area contributed by atoms with Crippen molar-refractivity contribution in [2.45, 2.75) is 44.9 Å². The van der Waals surface area contributed by atoms with Gasteiger partial charge in [-0.25, -0.2) is 4.98 Å². The van der Waals surface area contributed by atoms with E-state index < -0.39 is 0 Å². The van der Waals surface area contributed by atoms with Crippen LogP contribution in [0.5, 0.6) is 0 Å². The Morgan fingerprint density at radius 3 is 3.30 bits per heavy atom. The van der Waals surface area contributed by atoms with Crippen molar-refractivity contribution in [1.29, 1.82) is 0 Å². The number of hydrogen-bond acceptors (Lipinski definition) is 4. The van der Waals surface area contributed by atoms with E-state index in [1.807, 2.05) is 13.1 Å². The van der Waals surface area contributed by atoms with Gasteiger partial charge in [0, 0.05) is 29.7 Å². The summed E-state index contributed by atoms with van der Waals surface area (Å²) >= 11 is 1.76. The monoisotopic (exact) mass is 331 g/mol. The zero-order valence-electron chi connectivity index (χ0n) is 13.4. The Balaban J connectivity index is 1.49. The van der Waals surface area contributed by atoms with Crippen molar-refractivity contribution in [3.63, 3.8) is 0 Å². The average molecular weight is 331 g/mol. The molecule has 4 atom stereocenters. The molecule has 6 heteroatoms. The number of fused-ring (bicyclic) bond motifs is 2. The summed E-state index contributed by atoms with van der Waals surface area (Å²) in [6, 6.07) is 2.47. The average Bonchev–Trinajstić information content (AvgIpc) is 3.25. The summed E-state index contributed by atoms with van der Waals surface area (Å²) in [5, 5.41) is 5.26. The number of carbonyl (C=O) groups is 1. The molecule has 2 aromatic rings. The zero-order valence-corrected chi connectivity index (χ0v) is 14.2. The van der Waals surface area contributed by atoms with Crippen molar-refractivity contribution in [2.75, 3.05) is 6.61 Å². The number of imidazole rings is 1. The minimum Gasteiger partial charge on any atom is -0.372 e. The molecule has 2 aliphatic heterocycles. The molecular weight excluding hydrogens is 310 g/mol. The Morgan fingerprint density at radius 2 is 2.43 bits per heavy atom. The molecule has 4 rings (SSSR count). The van der Waals surface area contributed by atoms with Crippen LogP contribution in [0, 0.1) is 5.92 Å². The first kappa shape index (κ1) is 14.9. The fraction of sp³-hybridized carbons (Fsp3) is 0.529. The molecule has 2 aliphatic rings. The Hall–Kier alpha value is -1.66. The largest absolute Gasteiger partial charge is 0.372 e. The van der Waals surface area contributed by atoms with Gasteiger partial charge in [0.2, 0.25) is 5.91 Å². The van der Waals surface area contributed by atoms with Gasteiger partial charge in [-0.1, -0.05) is 6.92 Å². The Bertz CT molecular complexity index is 723. The maximum absolute atomic E-state index is 12.7. The van der Waals surface area contributed by atoms with Crippen LogP contribution >= 0.6 is 11.3 Å². The second-order valence-electron chi connectivity index (χ2n) is 6.47. The second-order valence-corrected chi connectivity index (χ2v) is 7.47.